The van der Waals surface area contributed by atoms with Crippen LogP contribution < -0.4 is 4.74 Å². The summed E-state index contributed by atoms with van der Waals surface area (Å²) >= 11 is 0. The van der Waals surface area contributed by atoms with Crippen LogP contribution in [0.1, 0.15) is 16.7 Å². The first-order chi connectivity index (χ1) is 14.3. The number of hydrogen-bond donors (Lipinski definition) is 1. The van der Waals surface area contributed by atoms with Gasteiger partial charge in [-0.05, 0) is 60.4 Å². The Kier molecular flexibility index (Phi) is 5.08. The predicted octanol–water partition coefficient (Wildman–Crippen LogP) is 6.41. The van der Waals surface area contributed by atoms with Gasteiger partial charge in [-0.3, -0.25) is 0 Å². The Morgan fingerprint density at radius 1 is 0.867 bits per heavy atom. The van der Waals surface area contributed by atoms with Gasteiger partial charge >= 0.3 is 6.36 Å². The molecule has 0 atom stereocenters. The third-order valence-corrected chi connectivity index (χ3v) is 4.78. The number of halogens is 3. The van der Waals surface area contributed by atoms with E-state index in [1.807, 2.05) is 43.3 Å². The number of rotatable bonds is 4. The van der Waals surface area contributed by atoms with E-state index >= 15 is 0 Å². The SMILES string of the molecule is Cc1cc2ccc(O)cc2nc1-c1ccc(Cc2ccc(OC(F)(F)F)cc2)cc1. The Morgan fingerprint density at radius 2 is 1.50 bits per heavy atom. The summed E-state index contributed by atoms with van der Waals surface area (Å²) in [4.78, 5) is 4.69. The fourth-order valence-corrected chi connectivity index (χ4v) is 3.38. The van der Waals surface area contributed by atoms with E-state index in [1.165, 1.54) is 12.1 Å². The zero-order valence-corrected chi connectivity index (χ0v) is 16.1. The van der Waals surface area contributed by atoms with Crippen molar-refractivity contribution in [2.75, 3.05) is 0 Å². The standard InChI is InChI=1S/C24H18F3NO2/c1-15-12-19-8-9-20(29)14-22(19)28-23(15)18-6-2-16(3-7-18)13-17-4-10-21(11-5-17)30-24(25,26)27/h2-12,14,29H,13H2,1H3. The van der Waals surface area contributed by atoms with Crippen LogP contribution in [0.3, 0.4) is 0 Å². The van der Waals surface area contributed by atoms with Gasteiger partial charge < -0.3 is 9.84 Å². The van der Waals surface area contributed by atoms with E-state index in [9.17, 15) is 18.3 Å². The van der Waals surface area contributed by atoms with Crippen LogP contribution in [0.15, 0.2) is 72.8 Å². The topological polar surface area (TPSA) is 42.4 Å². The van der Waals surface area contributed by atoms with Crippen molar-refractivity contribution in [3.63, 3.8) is 0 Å². The molecule has 0 aliphatic heterocycles. The van der Waals surface area contributed by atoms with Crippen LogP contribution in [0.5, 0.6) is 11.5 Å². The smallest absolute Gasteiger partial charge is 0.508 e. The number of fused-ring (bicyclic) bond motifs is 1. The molecule has 0 aliphatic rings. The molecule has 152 valence electrons. The Bertz CT molecular complexity index is 1180. The number of phenolic OH excluding ortho intramolecular Hbond substituents is 1. The highest BCUT2D eigenvalue weighted by atomic mass is 19.4. The van der Waals surface area contributed by atoms with E-state index in [4.69, 9.17) is 4.98 Å². The molecule has 6 heteroatoms. The number of ether oxygens (including phenoxy) is 1. The molecule has 3 nitrogen and oxygen atoms in total. The van der Waals surface area contributed by atoms with Gasteiger partial charge in [0.25, 0.3) is 0 Å². The van der Waals surface area contributed by atoms with Crippen LogP contribution >= 0.6 is 0 Å². The quantitative estimate of drug-likeness (QED) is 0.424. The molecule has 0 saturated heterocycles. The molecule has 0 saturated carbocycles. The highest BCUT2D eigenvalue weighted by molar-refractivity contribution is 5.84. The van der Waals surface area contributed by atoms with Crippen molar-refractivity contribution in [3.05, 3.63) is 89.5 Å². The molecular weight excluding hydrogens is 391 g/mol. The lowest BCUT2D eigenvalue weighted by Crippen LogP contribution is -2.17. The van der Waals surface area contributed by atoms with Gasteiger partial charge in [0.1, 0.15) is 11.5 Å². The minimum absolute atomic E-state index is 0.173. The number of nitrogens with zero attached hydrogens (tertiary/aromatic N) is 1. The second kappa shape index (κ2) is 7.71. The summed E-state index contributed by atoms with van der Waals surface area (Å²) in [7, 11) is 0. The molecule has 30 heavy (non-hydrogen) atoms. The molecule has 0 aliphatic carbocycles. The summed E-state index contributed by atoms with van der Waals surface area (Å²) < 4.78 is 40.7. The van der Waals surface area contributed by atoms with E-state index in [0.29, 0.717) is 6.42 Å². The molecule has 0 radical (unpaired) electrons. The van der Waals surface area contributed by atoms with Gasteiger partial charge in [-0.25, -0.2) is 4.98 Å². The Labute approximate surface area is 171 Å². The number of benzene rings is 3. The molecule has 0 amide bonds. The number of aromatic nitrogens is 1. The summed E-state index contributed by atoms with van der Waals surface area (Å²) in [5.74, 6) is -0.0581. The summed E-state index contributed by atoms with van der Waals surface area (Å²) in [5, 5.41) is 10.7. The Hall–Kier alpha value is -3.54. The van der Waals surface area contributed by atoms with E-state index in [-0.39, 0.29) is 11.5 Å². The monoisotopic (exact) mass is 409 g/mol. The average molecular weight is 409 g/mol. The molecular formula is C24H18F3NO2. The molecule has 1 aromatic heterocycles. The molecule has 0 unspecified atom stereocenters. The lowest BCUT2D eigenvalue weighted by molar-refractivity contribution is -0.274. The first-order valence-electron chi connectivity index (χ1n) is 9.31. The fourth-order valence-electron chi connectivity index (χ4n) is 3.38. The lowest BCUT2D eigenvalue weighted by Gasteiger charge is -2.10. The number of hydrogen-bond acceptors (Lipinski definition) is 3. The lowest BCUT2D eigenvalue weighted by atomic mass is 10.00. The maximum absolute atomic E-state index is 12.3. The highest BCUT2D eigenvalue weighted by Crippen LogP contribution is 2.28. The zero-order valence-electron chi connectivity index (χ0n) is 16.1. The summed E-state index contributed by atoms with van der Waals surface area (Å²) in [6.45, 7) is 1.99. The summed E-state index contributed by atoms with van der Waals surface area (Å²) in [6.07, 6.45) is -4.10. The van der Waals surface area contributed by atoms with Crippen molar-refractivity contribution in [1.82, 2.24) is 4.98 Å². The average Bonchev–Trinajstić information content (AvgIpc) is 2.69. The molecule has 1 N–H and O–H groups in total. The number of aryl methyl sites for hydroxylation is 1. The van der Waals surface area contributed by atoms with Crippen molar-refractivity contribution in [3.8, 4) is 22.8 Å². The van der Waals surface area contributed by atoms with Crippen molar-refractivity contribution in [2.24, 2.45) is 0 Å². The van der Waals surface area contributed by atoms with E-state index in [2.05, 4.69) is 4.74 Å². The zero-order chi connectivity index (χ0) is 21.3. The normalized spacial score (nSPS) is 11.6. The van der Waals surface area contributed by atoms with Crippen molar-refractivity contribution in [2.45, 2.75) is 19.7 Å². The van der Waals surface area contributed by atoms with Gasteiger partial charge in [-0.1, -0.05) is 36.4 Å². The Morgan fingerprint density at radius 3 is 2.13 bits per heavy atom. The fraction of sp³-hybridized carbons (Fsp3) is 0.125. The number of alkyl halides is 3. The predicted molar refractivity (Wildman–Crippen MR) is 110 cm³/mol. The molecule has 0 fully saturated rings. The van der Waals surface area contributed by atoms with E-state index in [1.54, 1.807) is 24.3 Å². The van der Waals surface area contributed by atoms with Crippen LogP contribution in [0, 0.1) is 6.92 Å². The van der Waals surface area contributed by atoms with Gasteiger partial charge in [0.15, 0.2) is 0 Å². The number of phenols is 1. The molecule has 4 aromatic rings. The van der Waals surface area contributed by atoms with Crippen molar-refractivity contribution < 1.29 is 23.0 Å². The van der Waals surface area contributed by atoms with Crippen LogP contribution in [-0.2, 0) is 6.42 Å². The molecule has 0 bridgehead atoms. The van der Waals surface area contributed by atoms with Gasteiger partial charge in [0, 0.05) is 17.0 Å². The number of pyridine rings is 1. The van der Waals surface area contributed by atoms with Crippen molar-refractivity contribution in [1.29, 1.82) is 0 Å². The minimum Gasteiger partial charge on any atom is -0.508 e. The molecule has 0 spiro atoms. The van der Waals surface area contributed by atoms with Gasteiger partial charge in [0.05, 0.1) is 11.2 Å². The Balaban J connectivity index is 1.53. The van der Waals surface area contributed by atoms with Crippen LogP contribution in [0.2, 0.25) is 0 Å². The van der Waals surface area contributed by atoms with Crippen LogP contribution in [-0.4, -0.2) is 16.5 Å². The van der Waals surface area contributed by atoms with Crippen molar-refractivity contribution >= 4 is 10.9 Å². The van der Waals surface area contributed by atoms with Gasteiger partial charge in [-0.15, -0.1) is 13.2 Å². The first kappa shape index (κ1) is 19.8. The second-order valence-electron chi connectivity index (χ2n) is 7.10. The summed E-state index contributed by atoms with van der Waals surface area (Å²) in [5.41, 5.74) is 5.46. The first-order valence-corrected chi connectivity index (χ1v) is 9.31. The summed E-state index contributed by atoms with van der Waals surface area (Å²) in [6, 6.07) is 20.9. The van der Waals surface area contributed by atoms with Crippen LogP contribution in [0.25, 0.3) is 22.2 Å². The molecule has 1 heterocycles. The van der Waals surface area contributed by atoms with Gasteiger partial charge in [-0.2, -0.15) is 0 Å². The molecule has 3 aromatic carbocycles. The third-order valence-electron chi connectivity index (χ3n) is 4.78. The van der Waals surface area contributed by atoms with Gasteiger partial charge in [0.2, 0.25) is 0 Å². The highest BCUT2D eigenvalue weighted by Gasteiger charge is 2.30. The van der Waals surface area contributed by atoms with E-state index < -0.39 is 6.36 Å². The minimum atomic E-state index is -4.69. The third kappa shape index (κ3) is 4.54. The van der Waals surface area contributed by atoms with E-state index in [0.717, 1.165) is 38.9 Å². The largest absolute Gasteiger partial charge is 0.573 e. The molecule has 4 rings (SSSR count). The maximum atomic E-state index is 12.3. The number of aromatic hydroxyl groups is 1. The maximum Gasteiger partial charge on any atom is 0.573 e. The second-order valence-corrected chi connectivity index (χ2v) is 7.10. The van der Waals surface area contributed by atoms with Crippen LogP contribution in [0.4, 0.5) is 13.2 Å².